The van der Waals surface area contributed by atoms with Crippen molar-refractivity contribution in [3.05, 3.63) is 35.9 Å². The zero-order valence-electron chi connectivity index (χ0n) is 14.3. The standard InChI is InChI=1S/C18H27N3O3/c1-24-13-5-10-19-17(22)14-21-11-8-16(9-12-21)20-18(23)15-6-3-2-4-7-15/h2-4,6-7,16H,5,8-14H2,1H3,(H,19,22)(H,20,23). The van der Waals surface area contributed by atoms with E-state index in [-0.39, 0.29) is 17.9 Å². The highest BCUT2D eigenvalue weighted by atomic mass is 16.5. The number of amides is 2. The molecular weight excluding hydrogens is 306 g/mol. The third-order valence-electron chi connectivity index (χ3n) is 4.17. The Morgan fingerprint density at radius 1 is 1.21 bits per heavy atom. The van der Waals surface area contributed by atoms with E-state index in [1.165, 1.54) is 0 Å². The second kappa shape index (κ2) is 10.1. The summed E-state index contributed by atoms with van der Waals surface area (Å²) in [5.74, 6) is 0.0304. The topological polar surface area (TPSA) is 70.7 Å². The van der Waals surface area contributed by atoms with Crippen molar-refractivity contribution in [1.82, 2.24) is 15.5 Å². The summed E-state index contributed by atoms with van der Waals surface area (Å²) in [6.45, 7) is 3.38. The highest BCUT2D eigenvalue weighted by Crippen LogP contribution is 2.11. The first-order valence-corrected chi connectivity index (χ1v) is 8.53. The van der Waals surface area contributed by atoms with Gasteiger partial charge in [0.25, 0.3) is 5.91 Å². The number of hydrogen-bond acceptors (Lipinski definition) is 4. The highest BCUT2D eigenvalue weighted by Gasteiger charge is 2.22. The van der Waals surface area contributed by atoms with Gasteiger partial charge in [0.05, 0.1) is 6.54 Å². The molecule has 2 rings (SSSR count). The van der Waals surface area contributed by atoms with Crippen LogP contribution in [0.25, 0.3) is 0 Å². The predicted molar refractivity (Wildman–Crippen MR) is 92.9 cm³/mol. The third-order valence-corrected chi connectivity index (χ3v) is 4.17. The number of carbonyl (C=O) groups excluding carboxylic acids is 2. The van der Waals surface area contributed by atoms with Crippen LogP contribution in [0.5, 0.6) is 0 Å². The van der Waals surface area contributed by atoms with E-state index < -0.39 is 0 Å². The van der Waals surface area contributed by atoms with Gasteiger partial charge in [-0.05, 0) is 31.4 Å². The molecule has 2 amide bonds. The van der Waals surface area contributed by atoms with E-state index in [0.29, 0.717) is 25.3 Å². The maximum absolute atomic E-state index is 12.1. The van der Waals surface area contributed by atoms with E-state index in [2.05, 4.69) is 15.5 Å². The normalized spacial score (nSPS) is 15.9. The van der Waals surface area contributed by atoms with E-state index in [0.717, 1.165) is 32.4 Å². The highest BCUT2D eigenvalue weighted by molar-refractivity contribution is 5.94. The minimum atomic E-state index is -0.0232. The third kappa shape index (κ3) is 6.29. The molecule has 132 valence electrons. The Kier molecular flexibility index (Phi) is 7.71. The number of carbonyl (C=O) groups is 2. The number of nitrogens with one attached hydrogen (secondary N) is 2. The Morgan fingerprint density at radius 3 is 2.58 bits per heavy atom. The zero-order chi connectivity index (χ0) is 17.2. The van der Waals surface area contributed by atoms with Crippen molar-refractivity contribution in [2.24, 2.45) is 0 Å². The molecule has 0 saturated carbocycles. The molecule has 1 aliphatic heterocycles. The number of hydrogen-bond donors (Lipinski definition) is 2. The second-order valence-corrected chi connectivity index (χ2v) is 6.09. The molecule has 1 saturated heterocycles. The average molecular weight is 333 g/mol. The van der Waals surface area contributed by atoms with Crippen molar-refractivity contribution in [3.63, 3.8) is 0 Å². The quantitative estimate of drug-likeness (QED) is 0.697. The Morgan fingerprint density at radius 2 is 1.92 bits per heavy atom. The zero-order valence-corrected chi connectivity index (χ0v) is 14.3. The maximum atomic E-state index is 12.1. The first-order chi connectivity index (χ1) is 11.7. The summed E-state index contributed by atoms with van der Waals surface area (Å²) < 4.78 is 4.95. The van der Waals surface area contributed by atoms with Gasteiger partial charge in [-0.3, -0.25) is 14.5 Å². The van der Waals surface area contributed by atoms with E-state index in [4.69, 9.17) is 4.74 Å². The molecule has 1 aromatic rings. The first kappa shape index (κ1) is 18.4. The van der Waals surface area contributed by atoms with Gasteiger partial charge in [-0.25, -0.2) is 0 Å². The fraction of sp³-hybridized carbons (Fsp3) is 0.556. The van der Waals surface area contributed by atoms with Crippen molar-refractivity contribution in [3.8, 4) is 0 Å². The van der Waals surface area contributed by atoms with Gasteiger partial charge >= 0.3 is 0 Å². The van der Waals surface area contributed by atoms with Crippen LogP contribution in [0, 0.1) is 0 Å². The predicted octanol–water partition coefficient (Wildman–Crippen LogP) is 1.03. The number of nitrogens with zero attached hydrogens (tertiary/aromatic N) is 1. The smallest absolute Gasteiger partial charge is 0.251 e. The molecule has 0 aliphatic carbocycles. The van der Waals surface area contributed by atoms with Crippen molar-refractivity contribution < 1.29 is 14.3 Å². The Bertz CT molecular complexity index is 514. The van der Waals surface area contributed by atoms with Crippen LogP contribution < -0.4 is 10.6 Å². The molecule has 0 aromatic heterocycles. The summed E-state index contributed by atoms with van der Waals surface area (Å²) in [5, 5.41) is 5.98. The molecule has 0 radical (unpaired) electrons. The van der Waals surface area contributed by atoms with Crippen molar-refractivity contribution in [2.75, 3.05) is 39.9 Å². The van der Waals surface area contributed by atoms with Gasteiger partial charge in [0.1, 0.15) is 0 Å². The number of likely N-dealkylation sites (tertiary alicyclic amines) is 1. The van der Waals surface area contributed by atoms with Crippen LogP contribution in [0.1, 0.15) is 29.6 Å². The van der Waals surface area contributed by atoms with Crippen LogP contribution in [-0.4, -0.2) is 62.7 Å². The molecule has 6 heteroatoms. The number of rotatable bonds is 8. The van der Waals surface area contributed by atoms with E-state index in [1.807, 2.05) is 30.3 Å². The molecule has 0 atom stereocenters. The molecule has 1 aliphatic rings. The van der Waals surface area contributed by atoms with Crippen LogP contribution >= 0.6 is 0 Å². The lowest BCUT2D eigenvalue weighted by Crippen LogP contribution is -2.47. The van der Waals surface area contributed by atoms with Crippen LogP contribution in [0.15, 0.2) is 30.3 Å². The first-order valence-electron chi connectivity index (χ1n) is 8.53. The van der Waals surface area contributed by atoms with E-state index in [1.54, 1.807) is 7.11 Å². The summed E-state index contributed by atoms with van der Waals surface area (Å²) in [7, 11) is 1.66. The lowest BCUT2D eigenvalue weighted by Gasteiger charge is -2.31. The monoisotopic (exact) mass is 333 g/mol. The van der Waals surface area contributed by atoms with Crippen molar-refractivity contribution >= 4 is 11.8 Å². The number of piperidine rings is 1. The van der Waals surface area contributed by atoms with Crippen molar-refractivity contribution in [2.45, 2.75) is 25.3 Å². The minimum Gasteiger partial charge on any atom is -0.385 e. The largest absolute Gasteiger partial charge is 0.385 e. The van der Waals surface area contributed by atoms with Gasteiger partial charge in [0, 0.05) is 45.0 Å². The van der Waals surface area contributed by atoms with Crippen molar-refractivity contribution in [1.29, 1.82) is 0 Å². The van der Waals surface area contributed by atoms with Gasteiger partial charge in [-0.15, -0.1) is 0 Å². The Hall–Kier alpha value is -1.92. The molecular formula is C18H27N3O3. The van der Waals surface area contributed by atoms with Crippen LogP contribution in [0.3, 0.4) is 0 Å². The summed E-state index contributed by atoms with van der Waals surface area (Å²) in [6.07, 6.45) is 2.57. The molecule has 1 fully saturated rings. The molecule has 0 bridgehead atoms. The average Bonchev–Trinajstić information content (AvgIpc) is 2.61. The SMILES string of the molecule is COCCCNC(=O)CN1CCC(NC(=O)c2ccccc2)CC1. The Balaban J connectivity index is 1.64. The van der Waals surface area contributed by atoms with E-state index >= 15 is 0 Å². The maximum Gasteiger partial charge on any atom is 0.251 e. The molecule has 1 heterocycles. The van der Waals surface area contributed by atoms with Crippen LogP contribution in [0.2, 0.25) is 0 Å². The molecule has 2 N–H and O–H groups in total. The summed E-state index contributed by atoms with van der Waals surface area (Å²) in [5.41, 5.74) is 0.690. The van der Waals surface area contributed by atoms with Gasteiger partial charge in [-0.1, -0.05) is 18.2 Å². The Labute approximate surface area is 143 Å². The fourth-order valence-corrected chi connectivity index (χ4v) is 2.80. The van der Waals surface area contributed by atoms with Gasteiger partial charge in [0.2, 0.25) is 5.91 Å². The van der Waals surface area contributed by atoms with Crippen LogP contribution in [-0.2, 0) is 9.53 Å². The fourth-order valence-electron chi connectivity index (χ4n) is 2.80. The van der Waals surface area contributed by atoms with Gasteiger partial charge in [0.15, 0.2) is 0 Å². The minimum absolute atomic E-state index is 0.0232. The molecule has 6 nitrogen and oxygen atoms in total. The molecule has 0 spiro atoms. The summed E-state index contributed by atoms with van der Waals surface area (Å²) in [4.78, 5) is 26.1. The van der Waals surface area contributed by atoms with Gasteiger partial charge < -0.3 is 15.4 Å². The second-order valence-electron chi connectivity index (χ2n) is 6.09. The number of methoxy groups -OCH3 is 1. The van der Waals surface area contributed by atoms with Gasteiger partial charge in [-0.2, -0.15) is 0 Å². The number of benzene rings is 1. The molecule has 24 heavy (non-hydrogen) atoms. The molecule has 1 aromatic carbocycles. The lowest BCUT2D eigenvalue weighted by molar-refractivity contribution is -0.122. The summed E-state index contributed by atoms with van der Waals surface area (Å²) in [6, 6.07) is 9.44. The van der Waals surface area contributed by atoms with Crippen LogP contribution in [0.4, 0.5) is 0 Å². The lowest BCUT2D eigenvalue weighted by atomic mass is 10.0. The number of ether oxygens (including phenoxy) is 1. The summed E-state index contributed by atoms with van der Waals surface area (Å²) >= 11 is 0. The van der Waals surface area contributed by atoms with E-state index in [9.17, 15) is 9.59 Å². The molecule has 0 unspecified atom stereocenters.